The molecule has 1 aliphatic heterocycles. The maximum absolute atomic E-state index is 6.17. The smallest absolute Gasteiger partial charge is 0.127 e. The van der Waals surface area contributed by atoms with Crippen LogP contribution in [-0.2, 0) is 19.4 Å². The lowest BCUT2D eigenvalue weighted by Gasteiger charge is -2.11. The van der Waals surface area contributed by atoms with E-state index in [9.17, 15) is 0 Å². The van der Waals surface area contributed by atoms with Crippen LogP contribution in [0.5, 0.6) is 5.75 Å². The lowest BCUT2D eigenvalue weighted by Crippen LogP contribution is -2.02. The highest BCUT2D eigenvalue weighted by Crippen LogP contribution is 2.33. The molecule has 1 heterocycles. The van der Waals surface area contributed by atoms with Crippen LogP contribution >= 0.6 is 23.2 Å². The summed E-state index contributed by atoms with van der Waals surface area (Å²) in [6, 6.07) is 12.3. The predicted octanol–water partition coefficient (Wildman–Crippen LogP) is 4.67. The first-order chi connectivity index (χ1) is 10.3. The lowest BCUT2D eigenvalue weighted by atomic mass is 10.1. The molecule has 2 nitrogen and oxygen atoms in total. The number of hydrogen-bond acceptors (Lipinski definition) is 2. The molecule has 0 unspecified atom stereocenters. The van der Waals surface area contributed by atoms with Crippen LogP contribution in [0.2, 0.25) is 5.02 Å². The summed E-state index contributed by atoms with van der Waals surface area (Å²) in [6.07, 6.45) is 1.84. The minimum absolute atomic E-state index is 0.652. The molecule has 0 saturated heterocycles. The fourth-order valence-corrected chi connectivity index (χ4v) is 3.05. The molecule has 0 spiro atoms. The summed E-state index contributed by atoms with van der Waals surface area (Å²) in [7, 11) is 0. The van der Waals surface area contributed by atoms with Crippen LogP contribution in [0.4, 0.5) is 5.69 Å². The molecule has 0 fully saturated rings. The van der Waals surface area contributed by atoms with E-state index < -0.39 is 0 Å². The summed E-state index contributed by atoms with van der Waals surface area (Å²) in [5.74, 6) is 1.64. The van der Waals surface area contributed by atoms with Gasteiger partial charge in [0.05, 0.1) is 6.61 Å². The molecule has 0 amide bonds. The van der Waals surface area contributed by atoms with Crippen LogP contribution < -0.4 is 10.1 Å². The quantitative estimate of drug-likeness (QED) is 0.808. The van der Waals surface area contributed by atoms with Gasteiger partial charge in [0.1, 0.15) is 5.75 Å². The van der Waals surface area contributed by atoms with Gasteiger partial charge in [0.25, 0.3) is 0 Å². The van der Waals surface area contributed by atoms with Crippen LogP contribution in [0, 0.1) is 0 Å². The zero-order chi connectivity index (χ0) is 14.7. The van der Waals surface area contributed by atoms with Crippen molar-refractivity contribution in [2.45, 2.75) is 19.4 Å². The Kier molecular flexibility index (Phi) is 4.57. The number of ether oxygens (including phenoxy) is 1. The summed E-state index contributed by atoms with van der Waals surface area (Å²) in [6.45, 7) is 1.45. The Morgan fingerprint density at radius 2 is 1.95 bits per heavy atom. The molecule has 0 atom stereocenters. The van der Waals surface area contributed by atoms with Crippen LogP contribution in [-0.4, -0.2) is 12.5 Å². The fourth-order valence-electron chi connectivity index (χ4n) is 2.57. The Bertz CT molecular complexity index is 625. The Morgan fingerprint density at radius 1 is 1.14 bits per heavy atom. The van der Waals surface area contributed by atoms with Gasteiger partial charge < -0.3 is 10.1 Å². The number of hydrogen-bond donors (Lipinski definition) is 1. The number of fused-ring (bicyclic) bond motifs is 1. The van der Waals surface area contributed by atoms with Crippen molar-refractivity contribution < 1.29 is 4.74 Å². The van der Waals surface area contributed by atoms with Gasteiger partial charge in [-0.15, -0.1) is 11.6 Å². The Labute approximate surface area is 135 Å². The normalized spacial score (nSPS) is 12.9. The Morgan fingerprint density at radius 3 is 2.71 bits per heavy atom. The van der Waals surface area contributed by atoms with Gasteiger partial charge in [-0.25, -0.2) is 0 Å². The number of nitrogens with one attached hydrogen (secondary N) is 1. The van der Waals surface area contributed by atoms with E-state index in [1.54, 1.807) is 0 Å². The van der Waals surface area contributed by atoms with Crippen molar-refractivity contribution in [3.63, 3.8) is 0 Å². The molecule has 1 aliphatic rings. The molecule has 0 bridgehead atoms. The molecule has 0 aromatic heterocycles. The third kappa shape index (κ3) is 3.45. The van der Waals surface area contributed by atoms with Gasteiger partial charge >= 0.3 is 0 Å². The van der Waals surface area contributed by atoms with Crippen molar-refractivity contribution in [3.05, 3.63) is 58.1 Å². The number of anilines is 1. The second-order valence-electron chi connectivity index (χ2n) is 5.14. The van der Waals surface area contributed by atoms with Crippen molar-refractivity contribution in [2.24, 2.45) is 0 Å². The zero-order valence-electron chi connectivity index (χ0n) is 11.7. The summed E-state index contributed by atoms with van der Waals surface area (Å²) >= 11 is 11.9. The fraction of sp³-hybridized carbons (Fsp3) is 0.294. The van der Waals surface area contributed by atoms with E-state index in [0.717, 1.165) is 41.5 Å². The van der Waals surface area contributed by atoms with Crippen LogP contribution in [0.25, 0.3) is 0 Å². The first-order valence-corrected chi connectivity index (χ1v) is 8.00. The third-order valence-electron chi connectivity index (χ3n) is 3.65. The van der Waals surface area contributed by atoms with Gasteiger partial charge in [-0.05, 0) is 41.8 Å². The minimum atomic E-state index is 0.652. The molecule has 0 saturated carbocycles. The second kappa shape index (κ2) is 6.59. The molecular formula is C17H17Cl2NO. The molecule has 2 aromatic rings. The molecule has 1 N–H and O–H groups in total. The summed E-state index contributed by atoms with van der Waals surface area (Å²) in [4.78, 5) is 0. The number of aryl methyl sites for hydroxylation is 1. The maximum Gasteiger partial charge on any atom is 0.127 e. The van der Waals surface area contributed by atoms with E-state index in [1.807, 2.05) is 12.1 Å². The molecule has 0 radical (unpaired) electrons. The number of benzene rings is 2. The van der Waals surface area contributed by atoms with Crippen molar-refractivity contribution >= 4 is 28.9 Å². The lowest BCUT2D eigenvalue weighted by molar-refractivity contribution is 0.354. The van der Waals surface area contributed by atoms with Crippen molar-refractivity contribution in [2.75, 3.05) is 17.8 Å². The van der Waals surface area contributed by atoms with E-state index in [0.29, 0.717) is 12.4 Å². The molecule has 2 aromatic carbocycles. The Hall–Kier alpha value is -1.38. The SMILES string of the molecule is ClCCc1ccc(NCc2cc(Cl)cc3c2OCC3)cc1. The maximum atomic E-state index is 6.17. The average molecular weight is 322 g/mol. The highest BCUT2D eigenvalue weighted by Gasteiger charge is 2.17. The van der Waals surface area contributed by atoms with Gasteiger partial charge in [-0.2, -0.15) is 0 Å². The zero-order valence-corrected chi connectivity index (χ0v) is 13.2. The van der Waals surface area contributed by atoms with Crippen molar-refractivity contribution in [1.82, 2.24) is 0 Å². The van der Waals surface area contributed by atoms with Crippen LogP contribution in [0.1, 0.15) is 16.7 Å². The molecular weight excluding hydrogens is 305 g/mol. The topological polar surface area (TPSA) is 21.3 Å². The van der Waals surface area contributed by atoms with E-state index in [4.69, 9.17) is 27.9 Å². The van der Waals surface area contributed by atoms with E-state index >= 15 is 0 Å². The van der Waals surface area contributed by atoms with Crippen LogP contribution in [0.15, 0.2) is 36.4 Å². The molecule has 21 heavy (non-hydrogen) atoms. The molecule has 0 aliphatic carbocycles. The van der Waals surface area contributed by atoms with Gasteiger partial charge in [0.2, 0.25) is 0 Å². The average Bonchev–Trinajstić information content (AvgIpc) is 2.94. The third-order valence-corrected chi connectivity index (χ3v) is 4.05. The number of alkyl halides is 1. The summed E-state index contributed by atoms with van der Waals surface area (Å²) in [5, 5.41) is 4.19. The highest BCUT2D eigenvalue weighted by atomic mass is 35.5. The first kappa shape index (κ1) is 14.6. The Balaban J connectivity index is 1.70. The largest absolute Gasteiger partial charge is 0.493 e. The molecule has 110 valence electrons. The standard InChI is InChI=1S/C17H17Cl2NO/c18-7-5-12-1-3-16(4-2-12)20-11-14-10-15(19)9-13-6-8-21-17(13)14/h1-4,9-10,20H,5-8,11H2. The second-order valence-corrected chi connectivity index (χ2v) is 5.96. The van der Waals surface area contributed by atoms with Crippen molar-refractivity contribution in [1.29, 1.82) is 0 Å². The van der Waals surface area contributed by atoms with Gasteiger partial charge in [-0.3, -0.25) is 0 Å². The van der Waals surface area contributed by atoms with E-state index in [1.165, 1.54) is 11.1 Å². The van der Waals surface area contributed by atoms with E-state index in [-0.39, 0.29) is 0 Å². The van der Waals surface area contributed by atoms with Crippen LogP contribution in [0.3, 0.4) is 0 Å². The van der Waals surface area contributed by atoms with Gasteiger partial charge in [0, 0.05) is 35.1 Å². The monoisotopic (exact) mass is 321 g/mol. The first-order valence-electron chi connectivity index (χ1n) is 7.09. The van der Waals surface area contributed by atoms with Crippen molar-refractivity contribution in [3.8, 4) is 5.75 Å². The molecule has 3 rings (SSSR count). The highest BCUT2D eigenvalue weighted by molar-refractivity contribution is 6.30. The minimum Gasteiger partial charge on any atom is -0.493 e. The molecule has 4 heteroatoms. The predicted molar refractivity (Wildman–Crippen MR) is 88.8 cm³/mol. The summed E-state index contributed by atoms with van der Waals surface area (Å²) in [5.41, 5.74) is 4.65. The summed E-state index contributed by atoms with van der Waals surface area (Å²) < 4.78 is 5.71. The van der Waals surface area contributed by atoms with Gasteiger partial charge in [-0.1, -0.05) is 23.7 Å². The number of halogens is 2. The van der Waals surface area contributed by atoms with E-state index in [2.05, 4.69) is 29.6 Å². The van der Waals surface area contributed by atoms with Gasteiger partial charge in [0.15, 0.2) is 0 Å². The number of rotatable bonds is 5.